The summed E-state index contributed by atoms with van der Waals surface area (Å²) in [5, 5.41) is 21.1. The van der Waals surface area contributed by atoms with Gasteiger partial charge in [-0.3, -0.25) is 9.69 Å². The number of benzene rings is 2. The van der Waals surface area contributed by atoms with E-state index < -0.39 is 0 Å². The quantitative estimate of drug-likeness (QED) is 0.774. The van der Waals surface area contributed by atoms with Gasteiger partial charge in [-0.25, -0.2) is 0 Å². The molecule has 4 nitrogen and oxygen atoms in total. The molecule has 1 aliphatic carbocycles. The number of aromatic hydroxyl groups is 1. The maximum atomic E-state index is 12.6. The molecule has 0 saturated carbocycles. The Bertz CT molecular complexity index is 970. The highest BCUT2D eigenvalue weighted by atomic mass is 35.5. The molecule has 2 aliphatic rings. The number of carbonyl (C=O) groups excluding carboxylic acids is 1. The normalized spacial score (nSPS) is 18.9. The summed E-state index contributed by atoms with van der Waals surface area (Å²) < 4.78 is 0. The Kier molecular flexibility index (Phi) is 5.48. The Labute approximate surface area is 174 Å². The first-order chi connectivity index (χ1) is 13.5. The molecule has 1 aliphatic heterocycles. The summed E-state index contributed by atoms with van der Waals surface area (Å²) in [5.41, 5.74) is 5.37. The van der Waals surface area contributed by atoms with Crippen LogP contribution in [0, 0.1) is 0 Å². The van der Waals surface area contributed by atoms with Crippen LogP contribution in [0.25, 0.3) is 5.57 Å². The molecule has 0 aromatic heterocycles. The van der Waals surface area contributed by atoms with E-state index in [1.807, 2.05) is 23.1 Å². The zero-order chi connectivity index (χ0) is 19.8. The van der Waals surface area contributed by atoms with Crippen LogP contribution >= 0.6 is 23.2 Å². The van der Waals surface area contributed by atoms with Crippen molar-refractivity contribution in [3.8, 4) is 5.75 Å². The van der Waals surface area contributed by atoms with E-state index in [0.717, 1.165) is 12.8 Å². The maximum absolute atomic E-state index is 12.6. The number of nitrogens with zero attached hydrogens (tertiary/aromatic N) is 1. The van der Waals surface area contributed by atoms with Crippen molar-refractivity contribution in [1.29, 1.82) is 0 Å². The van der Waals surface area contributed by atoms with Crippen LogP contribution in [0.5, 0.6) is 5.75 Å². The average Bonchev–Trinajstić information content (AvgIpc) is 3.03. The molecule has 1 heterocycles. The molecule has 6 heteroatoms. The van der Waals surface area contributed by atoms with E-state index in [1.54, 1.807) is 18.2 Å². The Morgan fingerprint density at radius 2 is 2.04 bits per heavy atom. The van der Waals surface area contributed by atoms with E-state index in [2.05, 4.69) is 0 Å². The summed E-state index contributed by atoms with van der Waals surface area (Å²) in [6.45, 7) is 0.893. The predicted molar refractivity (Wildman–Crippen MR) is 111 cm³/mol. The minimum absolute atomic E-state index is 0.0152. The highest BCUT2D eigenvalue weighted by Gasteiger charge is 2.35. The van der Waals surface area contributed by atoms with E-state index in [9.17, 15) is 15.0 Å². The number of hydrogen-bond acceptors (Lipinski definition) is 4. The van der Waals surface area contributed by atoms with E-state index in [4.69, 9.17) is 23.2 Å². The molecule has 0 spiro atoms. The summed E-state index contributed by atoms with van der Waals surface area (Å²) in [5.74, 6) is -0.0541. The Morgan fingerprint density at radius 3 is 2.82 bits per heavy atom. The molecule has 2 aromatic rings. The van der Waals surface area contributed by atoms with Crippen molar-refractivity contribution < 1.29 is 15.0 Å². The van der Waals surface area contributed by atoms with Crippen LogP contribution in [0.2, 0.25) is 10.0 Å². The number of fused-ring (bicyclic) bond motifs is 2. The number of phenolic OH excluding ortho intramolecular Hbond substituents is 1. The van der Waals surface area contributed by atoms with Crippen LogP contribution in [0.15, 0.2) is 42.0 Å². The van der Waals surface area contributed by atoms with Gasteiger partial charge in [0.2, 0.25) is 0 Å². The molecule has 0 bridgehead atoms. The number of hydrogen-bond donors (Lipinski definition) is 2. The zero-order valence-electron chi connectivity index (χ0n) is 15.3. The van der Waals surface area contributed by atoms with Gasteiger partial charge in [0, 0.05) is 23.6 Å². The standard InChI is InChI=1S/C22H21Cl2NO3/c23-15-5-4-13-9-19-17(18(13)10-15)6-7-25(21(19)12-26)11-16(27)8-14-2-1-3-20(24)22(14)28/h1-5,10,21,26,28H,6-9,11-12H2. The van der Waals surface area contributed by atoms with E-state index >= 15 is 0 Å². The third-order valence-corrected chi connectivity index (χ3v) is 6.21. The van der Waals surface area contributed by atoms with Gasteiger partial charge >= 0.3 is 0 Å². The number of ketones is 1. The summed E-state index contributed by atoms with van der Waals surface area (Å²) in [7, 11) is 0. The molecular formula is C22H21Cl2NO3. The lowest BCUT2D eigenvalue weighted by atomic mass is 9.92. The van der Waals surface area contributed by atoms with Crippen molar-refractivity contribution in [1.82, 2.24) is 4.90 Å². The molecule has 146 valence electrons. The van der Waals surface area contributed by atoms with Crippen molar-refractivity contribution in [2.45, 2.75) is 25.3 Å². The lowest BCUT2D eigenvalue weighted by Crippen LogP contribution is -2.45. The lowest BCUT2D eigenvalue weighted by Gasteiger charge is -2.36. The highest BCUT2D eigenvalue weighted by molar-refractivity contribution is 6.32. The minimum Gasteiger partial charge on any atom is -0.506 e. The van der Waals surface area contributed by atoms with Crippen molar-refractivity contribution in [2.75, 3.05) is 19.7 Å². The number of para-hydroxylation sites is 1. The zero-order valence-corrected chi connectivity index (χ0v) is 16.8. The van der Waals surface area contributed by atoms with Crippen molar-refractivity contribution >= 4 is 34.6 Å². The minimum atomic E-state index is -0.174. The number of aliphatic hydroxyl groups excluding tert-OH is 1. The molecule has 2 aromatic carbocycles. The van der Waals surface area contributed by atoms with Crippen molar-refractivity contribution in [2.24, 2.45) is 0 Å². The van der Waals surface area contributed by atoms with Crippen LogP contribution < -0.4 is 0 Å². The number of phenols is 1. The van der Waals surface area contributed by atoms with E-state index in [0.29, 0.717) is 17.1 Å². The molecule has 4 rings (SSSR count). The Balaban J connectivity index is 1.50. The van der Waals surface area contributed by atoms with E-state index in [1.165, 1.54) is 22.3 Å². The molecule has 0 saturated heterocycles. The Morgan fingerprint density at radius 1 is 1.21 bits per heavy atom. The fourth-order valence-electron chi connectivity index (χ4n) is 4.33. The van der Waals surface area contributed by atoms with Crippen LogP contribution in [0.3, 0.4) is 0 Å². The molecule has 2 N–H and O–H groups in total. The fourth-order valence-corrected chi connectivity index (χ4v) is 4.69. The smallest absolute Gasteiger partial charge is 0.151 e. The summed E-state index contributed by atoms with van der Waals surface area (Å²) in [6.07, 6.45) is 1.73. The van der Waals surface area contributed by atoms with E-state index in [-0.39, 0.29) is 42.2 Å². The Hall–Kier alpha value is -1.85. The number of halogens is 2. The molecule has 1 atom stereocenters. The van der Waals surface area contributed by atoms with Gasteiger partial charge in [-0.1, -0.05) is 41.4 Å². The summed E-state index contributed by atoms with van der Waals surface area (Å²) in [6, 6.07) is 10.8. The number of Topliss-reactive ketones (excluding diaryl/α,β-unsaturated/α-hetero) is 1. The number of aliphatic hydroxyl groups is 1. The second kappa shape index (κ2) is 7.88. The van der Waals surface area contributed by atoms with Crippen LogP contribution in [0.1, 0.15) is 23.1 Å². The average molecular weight is 418 g/mol. The molecule has 0 amide bonds. The maximum Gasteiger partial charge on any atom is 0.151 e. The highest BCUT2D eigenvalue weighted by Crippen LogP contribution is 2.41. The van der Waals surface area contributed by atoms with Gasteiger partial charge in [-0.2, -0.15) is 0 Å². The topological polar surface area (TPSA) is 60.8 Å². The number of carbonyl (C=O) groups is 1. The van der Waals surface area contributed by atoms with Crippen molar-refractivity contribution in [3.63, 3.8) is 0 Å². The fraction of sp³-hybridized carbons (Fsp3) is 0.318. The van der Waals surface area contributed by atoms with Crippen LogP contribution in [-0.2, 0) is 17.6 Å². The monoisotopic (exact) mass is 417 g/mol. The predicted octanol–water partition coefficient (Wildman–Crippen LogP) is 3.89. The summed E-state index contributed by atoms with van der Waals surface area (Å²) >= 11 is 12.1. The molecule has 1 unspecified atom stereocenters. The summed E-state index contributed by atoms with van der Waals surface area (Å²) in [4.78, 5) is 14.7. The van der Waals surface area contributed by atoms with Crippen LogP contribution in [-0.4, -0.2) is 46.6 Å². The van der Waals surface area contributed by atoms with Gasteiger partial charge in [0.25, 0.3) is 0 Å². The third-order valence-electron chi connectivity index (χ3n) is 5.67. The van der Waals surface area contributed by atoms with Gasteiger partial charge in [-0.05, 0) is 53.3 Å². The second-order valence-electron chi connectivity index (χ2n) is 7.36. The number of rotatable bonds is 5. The van der Waals surface area contributed by atoms with Crippen molar-refractivity contribution in [3.05, 3.63) is 68.7 Å². The van der Waals surface area contributed by atoms with Gasteiger partial charge in [0.05, 0.1) is 24.2 Å². The third kappa shape index (κ3) is 3.58. The lowest BCUT2D eigenvalue weighted by molar-refractivity contribution is -0.120. The molecular weight excluding hydrogens is 397 g/mol. The molecule has 0 fully saturated rings. The first-order valence-corrected chi connectivity index (χ1v) is 10.1. The first-order valence-electron chi connectivity index (χ1n) is 9.31. The largest absolute Gasteiger partial charge is 0.506 e. The second-order valence-corrected chi connectivity index (χ2v) is 8.21. The van der Waals surface area contributed by atoms with Gasteiger partial charge in [-0.15, -0.1) is 0 Å². The van der Waals surface area contributed by atoms with Crippen LogP contribution in [0.4, 0.5) is 0 Å². The van der Waals surface area contributed by atoms with Gasteiger partial charge in [0.15, 0.2) is 5.78 Å². The molecule has 28 heavy (non-hydrogen) atoms. The van der Waals surface area contributed by atoms with Gasteiger partial charge in [0.1, 0.15) is 5.75 Å². The SMILES string of the molecule is O=C(Cc1cccc(Cl)c1O)CN1CCC2=C(Cc3ccc(Cl)cc32)C1CO. The molecule has 0 radical (unpaired) electrons. The first kappa shape index (κ1) is 19.5. The van der Waals surface area contributed by atoms with Gasteiger partial charge < -0.3 is 10.2 Å².